The van der Waals surface area contributed by atoms with E-state index < -0.39 is 15.9 Å². The smallest absolute Gasteiger partial charge is 0.252 e. The molecule has 150 valence electrons. The lowest BCUT2D eigenvalue weighted by atomic mass is 9.96. The van der Waals surface area contributed by atoms with Crippen LogP contribution in [0, 0.1) is 5.82 Å². The third kappa shape index (κ3) is 5.09. The van der Waals surface area contributed by atoms with Crippen molar-refractivity contribution in [1.29, 1.82) is 0 Å². The number of halogens is 1. The predicted octanol–water partition coefficient (Wildman–Crippen LogP) is 4.31. The Labute approximate surface area is 170 Å². The van der Waals surface area contributed by atoms with E-state index in [-0.39, 0.29) is 16.6 Å². The topological polar surface area (TPSA) is 63.2 Å². The molecule has 0 saturated heterocycles. The first-order valence-corrected chi connectivity index (χ1v) is 11.1. The number of carbonyl (C=O) groups is 1. The summed E-state index contributed by atoms with van der Waals surface area (Å²) in [5.74, 6) is -0.761. The summed E-state index contributed by atoms with van der Waals surface area (Å²) in [6.07, 6.45) is 2.01. The van der Waals surface area contributed by atoms with E-state index in [1.165, 1.54) is 36.4 Å². The number of sulfone groups is 1. The highest BCUT2D eigenvalue weighted by Gasteiger charge is 2.19. The quantitative estimate of drug-likeness (QED) is 0.657. The molecule has 0 spiro atoms. The van der Waals surface area contributed by atoms with Crippen molar-refractivity contribution in [3.05, 3.63) is 101 Å². The van der Waals surface area contributed by atoms with Gasteiger partial charge in [0.15, 0.2) is 9.84 Å². The summed E-state index contributed by atoms with van der Waals surface area (Å²) in [7, 11) is -3.34. The molecule has 3 aromatic rings. The minimum absolute atomic E-state index is 0.144. The maximum Gasteiger partial charge on any atom is 0.252 e. The molecule has 0 saturated carbocycles. The molecule has 3 rings (SSSR count). The van der Waals surface area contributed by atoms with E-state index in [1.807, 2.05) is 24.3 Å². The van der Waals surface area contributed by atoms with Crippen LogP contribution in [-0.4, -0.2) is 20.6 Å². The molecular formula is C23H22FNO3S. The number of nitrogens with one attached hydrogen (secondary N) is 1. The first kappa shape index (κ1) is 20.7. The summed E-state index contributed by atoms with van der Waals surface area (Å²) in [6, 6.07) is 19.1. The van der Waals surface area contributed by atoms with Crippen molar-refractivity contribution < 1.29 is 17.6 Å². The molecule has 1 atom stereocenters. The Balaban J connectivity index is 1.92. The van der Waals surface area contributed by atoms with Crippen LogP contribution < -0.4 is 5.32 Å². The van der Waals surface area contributed by atoms with Crippen molar-refractivity contribution in [3.8, 4) is 0 Å². The van der Waals surface area contributed by atoms with Crippen LogP contribution in [0.4, 0.5) is 4.39 Å². The average Bonchev–Trinajstić information content (AvgIpc) is 2.71. The molecule has 0 aliphatic carbocycles. The summed E-state index contributed by atoms with van der Waals surface area (Å²) in [5.41, 5.74) is 2.93. The van der Waals surface area contributed by atoms with Gasteiger partial charge in [-0.3, -0.25) is 4.79 Å². The lowest BCUT2D eigenvalue weighted by Gasteiger charge is -2.20. The minimum Gasteiger partial charge on any atom is -0.341 e. The highest BCUT2D eigenvalue weighted by atomic mass is 32.2. The molecule has 0 radical (unpaired) electrons. The van der Waals surface area contributed by atoms with Gasteiger partial charge in [-0.05, 0) is 59.5 Å². The van der Waals surface area contributed by atoms with Crippen molar-refractivity contribution in [2.45, 2.75) is 24.3 Å². The molecule has 1 amide bonds. The summed E-state index contributed by atoms with van der Waals surface area (Å²) in [4.78, 5) is 13.0. The second-order valence-electron chi connectivity index (χ2n) is 6.85. The van der Waals surface area contributed by atoms with Crippen molar-refractivity contribution in [1.82, 2.24) is 5.32 Å². The highest BCUT2D eigenvalue weighted by molar-refractivity contribution is 7.90. The number of aryl methyl sites for hydroxylation is 1. The van der Waals surface area contributed by atoms with Gasteiger partial charge in [0.2, 0.25) is 0 Å². The van der Waals surface area contributed by atoms with Crippen LogP contribution in [0.3, 0.4) is 0 Å². The first-order valence-electron chi connectivity index (χ1n) is 9.23. The maximum absolute atomic E-state index is 13.8. The van der Waals surface area contributed by atoms with Gasteiger partial charge < -0.3 is 5.32 Å². The van der Waals surface area contributed by atoms with E-state index in [1.54, 1.807) is 12.1 Å². The fraction of sp³-hybridized carbons (Fsp3) is 0.174. The fourth-order valence-corrected chi connectivity index (χ4v) is 3.69. The van der Waals surface area contributed by atoms with Gasteiger partial charge in [0.25, 0.3) is 5.91 Å². The Kier molecular flexibility index (Phi) is 6.13. The van der Waals surface area contributed by atoms with Gasteiger partial charge in [0.05, 0.1) is 10.9 Å². The van der Waals surface area contributed by atoms with Crippen LogP contribution >= 0.6 is 0 Å². The van der Waals surface area contributed by atoms with Crippen LogP contribution in [0.1, 0.15) is 40.0 Å². The number of hydrogen-bond donors (Lipinski definition) is 1. The van der Waals surface area contributed by atoms with Crippen LogP contribution in [0.25, 0.3) is 0 Å². The molecular weight excluding hydrogens is 389 g/mol. The molecule has 1 N–H and O–H groups in total. The zero-order valence-corrected chi connectivity index (χ0v) is 17.0. The van der Waals surface area contributed by atoms with Crippen molar-refractivity contribution >= 4 is 15.7 Å². The monoisotopic (exact) mass is 411 g/mol. The predicted molar refractivity (Wildman–Crippen MR) is 111 cm³/mol. The molecule has 6 heteroatoms. The van der Waals surface area contributed by atoms with E-state index in [4.69, 9.17) is 0 Å². The summed E-state index contributed by atoms with van der Waals surface area (Å²) < 4.78 is 37.0. The van der Waals surface area contributed by atoms with E-state index in [0.29, 0.717) is 11.1 Å². The lowest BCUT2D eigenvalue weighted by Crippen LogP contribution is -2.29. The highest BCUT2D eigenvalue weighted by Crippen LogP contribution is 2.24. The molecule has 3 aromatic carbocycles. The average molecular weight is 411 g/mol. The summed E-state index contributed by atoms with van der Waals surface area (Å²) in [6.45, 7) is 2.06. The van der Waals surface area contributed by atoms with Gasteiger partial charge >= 0.3 is 0 Å². The Morgan fingerprint density at radius 3 is 2.17 bits per heavy atom. The van der Waals surface area contributed by atoms with Gasteiger partial charge in [0.1, 0.15) is 5.82 Å². The number of hydrogen-bond acceptors (Lipinski definition) is 3. The third-order valence-corrected chi connectivity index (χ3v) is 5.85. The molecule has 0 heterocycles. The summed E-state index contributed by atoms with van der Waals surface area (Å²) >= 11 is 0. The molecule has 29 heavy (non-hydrogen) atoms. The molecule has 0 aromatic heterocycles. The summed E-state index contributed by atoms with van der Waals surface area (Å²) in [5, 5.41) is 2.93. The molecule has 0 aliphatic heterocycles. The lowest BCUT2D eigenvalue weighted by molar-refractivity contribution is 0.0943. The Hall–Kier alpha value is -2.99. The van der Waals surface area contributed by atoms with Crippen molar-refractivity contribution in [2.75, 3.05) is 6.26 Å². The second-order valence-corrected chi connectivity index (χ2v) is 8.87. The van der Waals surface area contributed by atoms with E-state index in [9.17, 15) is 17.6 Å². The normalized spacial score (nSPS) is 12.4. The van der Waals surface area contributed by atoms with Gasteiger partial charge in [-0.15, -0.1) is 0 Å². The Bertz CT molecular complexity index is 1110. The zero-order chi connectivity index (χ0) is 21.0. The first-order chi connectivity index (χ1) is 13.8. The number of rotatable bonds is 6. The molecule has 0 unspecified atom stereocenters. The molecule has 0 aliphatic rings. The molecule has 0 bridgehead atoms. The van der Waals surface area contributed by atoms with E-state index in [2.05, 4.69) is 12.2 Å². The van der Waals surface area contributed by atoms with Crippen LogP contribution in [-0.2, 0) is 16.3 Å². The number of carbonyl (C=O) groups excluding carboxylic acids is 1. The van der Waals surface area contributed by atoms with Crippen LogP contribution in [0.2, 0.25) is 0 Å². The van der Waals surface area contributed by atoms with Crippen molar-refractivity contribution in [2.24, 2.45) is 0 Å². The zero-order valence-electron chi connectivity index (χ0n) is 16.2. The maximum atomic E-state index is 13.8. The largest absolute Gasteiger partial charge is 0.341 e. The van der Waals surface area contributed by atoms with Gasteiger partial charge in [-0.25, -0.2) is 12.8 Å². The van der Waals surface area contributed by atoms with Crippen LogP contribution in [0.5, 0.6) is 0 Å². The second kappa shape index (κ2) is 8.57. The number of benzene rings is 3. The molecule has 4 nitrogen and oxygen atoms in total. The SMILES string of the molecule is CCc1ccc([C@H](NC(=O)c2ccc(S(C)(=O)=O)cc2)c2cccc(F)c2)cc1. The van der Waals surface area contributed by atoms with E-state index in [0.717, 1.165) is 23.8 Å². The van der Waals surface area contributed by atoms with Crippen LogP contribution in [0.15, 0.2) is 77.7 Å². The van der Waals surface area contributed by atoms with Gasteiger partial charge in [-0.1, -0.05) is 43.3 Å². The minimum atomic E-state index is -3.34. The third-order valence-electron chi connectivity index (χ3n) is 4.72. The van der Waals surface area contributed by atoms with Gasteiger partial charge in [-0.2, -0.15) is 0 Å². The van der Waals surface area contributed by atoms with E-state index >= 15 is 0 Å². The standard InChI is InChI=1S/C23H22FNO3S/c1-3-16-7-9-17(10-8-16)22(19-5-4-6-20(24)15-19)25-23(26)18-11-13-21(14-12-18)29(2,27)28/h4-15,22H,3H2,1-2H3,(H,25,26)/t22-/m0/s1. The number of amides is 1. The molecule has 0 fully saturated rings. The fourth-order valence-electron chi connectivity index (χ4n) is 3.06. The van der Waals surface area contributed by atoms with Gasteiger partial charge in [0, 0.05) is 11.8 Å². The Morgan fingerprint density at radius 2 is 1.62 bits per heavy atom. The Morgan fingerprint density at radius 1 is 0.966 bits per heavy atom. The van der Waals surface area contributed by atoms with Crippen molar-refractivity contribution in [3.63, 3.8) is 0 Å².